The highest BCUT2D eigenvalue weighted by Gasteiger charge is 2.41. The minimum atomic E-state index is 0.388. The molecule has 4 aliphatic rings. The Morgan fingerprint density at radius 2 is 1.00 bits per heavy atom. The van der Waals surface area contributed by atoms with Gasteiger partial charge < -0.3 is 11.5 Å². The first kappa shape index (κ1) is 16.8. The van der Waals surface area contributed by atoms with Crippen LogP contribution in [0.15, 0.2) is 24.3 Å². The fourth-order valence-corrected chi connectivity index (χ4v) is 6.68. The van der Waals surface area contributed by atoms with E-state index in [4.69, 9.17) is 11.5 Å². The summed E-state index contributed by atoms with van der Waals surface area (Å²) >= 11 is 0. The molecule has 0 saturated heterocycles. The number of hydrogen-bond acceptors (Lipinski definition) is 2. The first-order chi connectivity index (χ1) is 11.7. The summed E-state index contributed by atoms with van der Waals surface area (Å²) in [7, 11) is 0. The lowest BCUT2D eigenvalue weighted by Gasteiger charge is -2.28. The summed E-state index contributed by atoms with van der Waals surface area (Å²) < 4.78 is 0. The molecular weight excluding hydrogens is 292 g/mol. The number of hydrogen-bond donors (Lipinski definition) is 2. The summed E-state index contributed by atoms with van der Waals surface area (Å²) in [5.74, 6) is 4.74. The predicted molar refractivity (Wildman–Crippen MR) is 101 cm³/mol. The van der Waals surface area contributed by atoms with Gasteiger partial charge in [-0.1, -0.05) is 62.8 Å². The fourth-order valence-electron chi connectivity index (χ4n) is 6.68. The van der Waals surface area contributed by atoms with Gasteiger partial charge in [-0.25, -0.2) is 0 Å². The van der Waals surface area contributed by atoms with E-state index in [2.05, 4.69) is 24.3 Å². The second kappa shape index (κ2) is 7.33. The van der Waals surface area contributed by atoms with Crippen molar-refractivity contribution in [2.75, 3.05) is 0 Å². The van der Waals surface area contributed by atoms with Crippen molar-refractivity contribution in [2.45, 2.75) is 76.3 Å². The summed E-state index contributed by atoms with van der Waals surface area (Å²) in [6.07, 6.45) is 23.2. The SMILES string of the molecule is NC1CC2CCCCC2C1C=CC=CC1C(N)CC2CCCCC21. The van der Waals surface area contributed by atoms with Crippen LogP contribution in [0.2, 0.25) is 0 Å². The fraction of sp³-hybridized carbons (Fsp3) is 0.818. The molecule has 0 radical (unpaired) electrons. The van der Waals surface area contributed by atoms with E-state index in [0.29, 0.717) is 23.9 Å². The minimum absolute atomic E-state index is 0.388. The summed E-state index contributed by atoms with van der Waals surface area (Å²) in [5, 5.41) is 0. The molecule has 0 aliphatic heterocycles. The Hall–Kier alpha value is -0.600. The van der Waals surface area contributed by atoms with Crippen LogP contribution < -0.4 is 11.5 Å². The molecule has 0 bridgehead atoms. The molecule has 134 valence electrons. The smallest absolute Gasteiger partial charge is 0.0107 e. The number of rotatable bonds is 3. The number of allylic oxidation sites excluding steroid dienone is 2. The van der Waals surface area contributed by atoms with E-state index < -0.39 is 0 Å². The van der Waals surface area contributed by atoms with E-state index >= 15 is 0 Å². The van der Waals surface area contributed by atoms with Gasteiger partial charge in [0.25, 0.3) is 0 Å². The maximum absolute atomic E-state index is 6.46. The monoisotopic (exact) mass is 328 g/mol. The lowest BCUT2D eigenvalue weighted by molar-refractivity contribution is 0.248. The van der Waals surface area contributed by atoms with Crippen LogP contribution in [0.3, 0.4) is 0 Å². The molecule has 4 rings (SSSR count). The Kier molecular flexibility index (Phi) is 5.15. The Balaban J connectivity index is 1.37. The summed E-state index contributed by atoms with van der Waals surface area (Å²) in [6, 6.07) is 0.776. The van der Waals surface area contributed by atoms with Gasteiger partial charge in [0.2, 0.25) is 0 Å². The van der Waals surface area contributed by atoms with Crippen molar-refractivity contribution in [3.05, 3.63) is 24.3 Å². The molecule has 24 heavy (non-hydrogen) atoms. The van der Waals surface area contributed by atoms with Crippen LogP contribution in [0.5, 0.6) is 0 Å². The van der Waals surface area contributed by atoms with Gasteiger partial charge in [0.15, 0.2) is 0 Å². The molecule has 4 saturated carbocycles. The maximum atomic E-state index is 6.46. The molecule has 0 heterocycles. The van der Waals surface area contributed by atoms with Crippen molar-refractivity contribution in [1.82, 2.24) is 0 Å². The quantitative estimate of drug-likeness (QED) is 0.754. The van der Waals surface area contributed by atoms with Crippen molar-refractivity contribution in [1.29, 1.82) is 0 Å². The van der Waals surface area contributed by atoms with Gasteiger partial charge in [0.1, 0.15) is 0 Å². The van der Waals surface area contributed by atoms with E-state index in [1.54, 1.807) is 0 Å². The molecule has 0 aromatic rings. The standard InChI is InChI=1S/C22H36N2/c23-21-13-15-7-1-3-9-17(15)19(21)11-5-6-12-20-18-10-4-2-8-16(18)14-22(20)24/h5-6,11-12,15-22H,1-4,7-10,13-14,23-24H2. The average Bonchev–Trinajstić information content (AvgIpc) is 3.08. The average molecular weight is 329 g/mol. The first-order valence-corrected chi connectivity index (χ1v) is 10.6. The topological polar surface area (TPSA) is 52.0 Å². The molecule has 4 N–H and O–H groups in total. The van der Waals surface area contributed by atoms with Crippen molar-refractivity contribution in [2.24, 2.45) is 47.0 Å². The van der Waals surface area contributed by atoms with Gasteiger partial charge in [-0.15, -0.1) is 0 Å². The van der Waals surface area contributed by atoms with Crippen LogP contribution in [0, 0.1) is 35.5 Å². The third-order valence-corrected chi connectivity index (χ3v) is 7.84. The molecule has 0 aromatic heterocycles. The van der Waals surface area contributed by atoms with Crippen LogP contribution in [0.25, 0.3) is 0 Å². The zero-order valence-corrected chi connectivity index (χ0v) is 15.2. The molecule has 4 aliphatic carbocycles. The molecule has 2 nitrogen and oxygen atoms in total. The molecule has 8 unspecified atom stereocenters. The summed E-state index contributed by atoms with van der Waals surface area (Å²) in [5.41, 5.74) is 12.9. The molecule has 2 heteroatoms. The van der Waals surface area contributed by atoms with E-state index in [-0.39, 0.29) is 0 Å². The van der Waals surface area contributed by atoms with E-state index in [9.17, 15) is 0 Å². The highest BCUT2D eigenvalue weighted by Crippen LogP contribution is 2.47. The van der Waals surface area contributed by atoms with Crippen LogP contribution in [0.4, 0.5) is 0 Å². The summed E-state index contributed by atoms with van der Waals surface area (Å²) in [4.78, 5) is 0. The van der Waals surface area contributed by atoms with Gasteiger partial charge in [0, 0.05) is 12.1 Å². The van der Waals surface area contributed by atoms with Crippen LogP contribution in [0.1, 0.15) is 64.2 Å². The van der Waals surface area contributed by atoms with Gasteiger partial charge in [-0.3, -0.25) is 0 Å². The lowest BCUT2D eigenvalue weighted by atomic mass is 9.77. The van der Waals surface area contributed by atoms with Crippen molar-refractivity contribution < 1.29 is 0 Å². The Labute approximate surface area is 148 Å². The van der Waals surface area contributed by atoms with Crippen LogP contribution in [-0.4, -0.2) is 12.1 Å². The van der Waals surface area contributed by atoms with Gasteiger partial charge in [-0.2, -0.15) is 0 Å². The van der Waals surface area contributed by atoms with Crippen molar-refractivity contribution in [3.63, 3.8) is 0 Å². The third kappa shape index (κ3) is 3.24. The second-order valence-electron chi connectivity index (χ2n) is 9.14. The van der Waals surface area contributed by atoms with Gasteiger partial charge >= 0.3 is 0 Å². The van der Waals surface area contributed by atoms with Gasteiger partial charge in [0.05, 0.1) is 0 Å². The zero-order chi connectivity index (χ0) is 16.5. The molecular formula is C22H36N2. The van der Waals surface area contributed by atoms with E-state index in [1.165, 1.54) is 64.2 Å². The number of fused-ring (bicyclic) bond motifs is 2. The van der Waals surface area contributed by atoms with E-state index in [0.717, 1.165) is 23.7 Å². The molecule has 0 amide bonds. The van der Waals surface area contributed by atoms with Crippen molar-refractivity contribution in [3.8, 4) is 0 Å². The van der Waals surface area contributed by atoms with Gasteiger partial charge in [-0.05, 0) is 61.2 Å². The normalized spacial score (nSPS) is 48.9. The van der Waals surface area contributed by atoms with Crippen molar-refractivity contribution >= 4 is 0 Å². The summed E-state index contributed by atoms with van der Waals surface area (Å²) in [6.45, 7) is 0. The highest BCUT2D eigenvalue weighted by atomic mass is 14.7. The third-order valence-electron chi connectivity index (χ3n) is 7.84. The maximum Gasteiger partial charge on any atom is 0.0107 e. The lowest BCUT2D eigenvalue weighted by Crippen LogP contribution is -2.27. The molecule has 0 aromatic carbocycles. The Morgan fingerprint density at radius 3 is 1.46 bits per heavy atom. The second-order valence-corrected chi connectivity index (χ2v) is 9.14. The predicted octanol–water partition coefficient (Wildman–Crippen LogP) is 4.41. The largest absolute Gasteiger partial charge is 0.327 e. The first-order valence-electron chi connectivity index (χ1n) is 10.6. The Bertz CT molecular complexity index is 438. The number of nitrogens with two attached hydrogens (primary N) is 2. The molecule has 8 atom stereocenters. The zero-order valence-electron chi connectivity index (χ0n) is 15.2. The highest BCUT2D eigenvalue weighted by molar-refractivity contribution is 5.14. The minimum Gasteiger partial charge on any atom is -0.327 e. The van der Waals surface area contributed by atoms with Crippen LogP contribution >= 0.6 is 0 Å². The van der Waals surface area contributed by atoms with E-state index in [1.807, 2.05) is 0 Å². The molecule has 0 spiro atoms. The van der Waals surface area contributed by atoms with Crippen LogP contribution in [-0.2, 0) is 0 Å². The Morgan fingerprint density at radius 1 is 0.583 bits per heavy atom. The molecule has 4 fully saturated rings.